The van der Waals surface area contributed by atoms with Gasteiger partial charge < -0.3 is 4.74 Å². The predicted molar refractivity (Wildman–Crippen MR) is 80.3 cm³/mol. The van der Waals surface area contributed by atoms with Crippen molar-refractivity contribution in [1.29, 1.82) is 0 Å². The van der Waals surface area contributed by atoms with Gasteiger partial charge in [0.05, 0.1) is 12.8 Å². The van der Waals surface area contributed by atoms with Crippen molar-refractivity contribution in [2.45, 2.75) is 0 Å². The fraction of sp³-hybridized carbons (Fsp3) is 0.0588. The minimum Gasteiger partial charge on any atom is -0.464 e. The average Bonchev–Trinajstić information content (AvgIpc) is 3.02. The lowest BCUT2D eigenvalue weighted by atomic mass is 10.1. The number of methoxy groups -OCH3 is 1. The molecular weight excluding hydrogens is 302 g/mol. The molecule has 23 heavy (non-hydrogen) atoms. The number of ether oxygens (including phenoxy) is 1. The van der Waals surface area contributed by atoms with Crippen LogP contribution in [-0.2, 0) is 4.74 Å². The summed E-state index contributed by atoms with van der Waals surface area (Å²) in [4.78, 5) is 11.7. The zero-order chi connectivity index (χ0) is 16.4. The van der Waals surface area contributed by atoms with Crippen molar-refractivity contribution in [3.8, 4) is 16.9 Å². The summed E-state index contributed by atoms with van der Waals surface area (Å²) in [6, 6.07) is 13.5. The highest BCUT2D eigenvalue weighted by Gasteiger charge is 2.19. The quantitative estimate of drug-likeness (QED) is 0.694. The molecule has 0 fully saturated rings. The molecule has 3 rings (SSSR count). The summed E-state index contributed by atoms with van der Waals surface area (Å²) in [7, 11) is 1.23. The van der Waals surface area contributed by atoms with Crippen LogP contribution in [0, 0.1) is 11.6 Å². The Bertz CT molecular complexity index is 860. The van der Waals surface area contributed by atoms with Crippen molar-refractivity contribution in [1.82, 2.24) is 9.78 Å². The monoisotopic (exact) mass is 314 g/mol. The van der Waals surface area contributed by atoms with Gasteiger partial charge in [0.2, 0.25) is 0 Å². The average molecular weight is 314 g/mol. The van der Waals surface area contributed by atoms with E-state index in [9.17, 15) is 13.6 Å². The Hall–Kier alpha value is -3.02. The first-order valence-corrected chi connectivity index (χ1v) is 6.79. The van der Waals surface area contributed by atoms with E-state index in [0.717, 1.165) is 18.2 Å². The number of benzene rings is 2. The number of rotatable bonds is 3. The van der Waals surface area contributed by atoms with E-state index < -0.39 is 17.6 Å². The minimum absolute atomic E-state index is 0.00927. The van der Waals surface area contributed by atoms with E-state index in [4.69, 9.17) is 0 Å². The summed E-state index contributed by atoms with van der Waals surface area (Å²) in [6.45, 7) is 0. The van der Waals surface area contributed by atoms with Crippen LogP contribution in [0.2, 0.25) is 0 Å². The summed E-state index contributed by atoms with van der Waals surface area (Å²) in [5.41, 5.74) is 1.09. The molecule has 116 valence electrons. The number of aromatic nitrogens is 2. The normalized spacial score (nSPS) is 10.6. The van der Waals surface area contributed by atoms with Crippen LogP contribution in [0.5, 0.6) is 0 Å². The van der Waals surface area contributed by atoms with E-state index in [-0.39, 0.29) is 11.4 Å². The van der Waals surface area contributed by atoms with Gasteiger partial charge >= 0.3 is 5.97 Å². The smallest absolute Gasteiger partial charge is 0.358 e. The van der Waals surface area contributed by atoms with Crippen LogP contribution in [0.3, 0.4) is 0 Å². The third-order valence-corrected chi connectivity index (χ3v) is 3.31. The number of carbonyl (C=O) groups excluding carboxylic acids is 1. The molecule has 0 N–H and O–H groups in total. The van der Waals surface area contributed by atoms with E-state index in [1.165, 1.54) is 17.9 Å². The van der Waals surface area contributed by atoms with Crippen molar-refractivity contribution in [3.05, 3.63) is 71.9 Å². The molecule has 0 radical (unpaired) electrons. The van der Waals surface area contributed by atoms with E-state index in [1.807, 2.05) is 6.07 Å². The van der Waals surface area contributed by atoms with Crippen LogP contribution in [0.25, 0.3) is 16.9 Å². The third kappa shape index (κ3) is 2.83. The van der Waals surface area contributed by atoms with Crippen LogP contribution in [0.4, 0.5) is 8.78 Å². The summed E-state index contributed by atoms with van der Waals surface area (Å²) < 4.78 is 33.4. The molecule has 2 aromatic carbocycles. The first kappa shape index (κ1) is 14.9. The van der Waals surface area contributed by atoms with Gasteiger partial charge in [-0.3, -0.25) is 0 Å². The van der Waals surface area contributed by atoms with Gasteiger partial charge in [0.1, 0.15) is 17.3 Å². The van der Waals surface area contributed by atoms with Crippen LogP contribution < -0.4 is 0 Å². The molecule has 0 aliphatic carbocycles. The molecule has 0 aliphatic heterocycles. The highest BCUT2D eigenvalue weighted by atomic mass is 19.1. The summed E-state index contributed by atoms with van der Waals surface area (Å²) >= 11 is 0. The molecule has 0 amide bonds. The maximum Gasteiger partial charge on any atom is 0.358 e. The fourth-order valence-corrected chi connectivity index (χ4v) is 2.23. The summed E-state index contributed by atoms with van der Waals surface area (Å²) in [5.74, 6) is -1.91. The number of hydrogen-bond acceptors (Lipinski definition) is 3. The van der Waals surface area contributed by atoms with E-state index in [2.05, 4.69) is 9.84 Å². The van der Waals surface area contributed by atoms with Gasteiger partial charge in [-0.05, 0) is 18.2 Å². The summed E-state index contributed by atoms with van der Waals surface area (Å²) in [5, 5.41) is 4.06. The Morgan fingerprint density at radius 1 is 1.09 bits per heavy atom. The van der Waals surface area contributed by atoms with Crippen LogP contribution in [0.15, 0.2) is 54.6 Å². The number of esters is 1. The van der Waals surface area contributed by atoms with Crippen molar-refractivity contribution >= 4 is 5.97 Å². The molecule has 0 saturated carbocycles. The standard InChI is InChI=1S/C17H12F2N2O2/c1-23-17(22)14-10-15(11-5-3-2-4-6-11)21(20-14)16-9-12(18)7-8-13(16)19/h2-10H,1H3. The molecule has 4 nitrogen and oxygen atoms in total. The Labute approximate surface area is 130 Å². The van der Waals surface area contributed by atoms with E-state index >= 15 is 0 Å². The number of halogens is 2. The maximum atomic E-state index is 14.1. The second-order valence-corrected chi connectivity index (χ2v) is 4.78. The topological polar surface area (TPSA) is 44.1 Å². The SMILES string of the molecule is COC(=O)c1cc(-c2ccccc2)n(-c2cc(F)ccc2F)n1. The Balaban J connectivity index is 2.24. The zero-order valence-electron chi connectivity index (χ0n) is 12.2. The molecular formula is C17H12F2N2O2. The van der Waals surface area contributed by atoms with Gasteiger partial charge in [-0.1, -0.05) is 30.3 Å². The Morgan fingerprint density at radius 3 is 2.52 bits per heavy atom. The highest BCUT2D eigenvalue weighted by molar-refractivity contribution is 5.89. The Kier molecular flexibility index (Phi) is 3.89. The third-order valence-electron chi connectivity index (χ3n) is 3.31. The lowest BCUT2D eigenvalue weighted by Gasteiger charge is -2.08. The van der Waals surface area contributed by atoms with Crippen molar-refractivity contribution in [3.63, 3.8) is 0 Å². The van der Waals surface area contributed by atoms with E-state index in [1.54, 1.807) is 24.3 Å². The molecule has 0 atom stereocenters. The van der Waals surface area contributed by atoms with Gasteiger partial charge in [-0.25, -0.2) is 18.3 Å². The Morgan fingerprint density at radius 2 is 1.83 bits per heavy atom. The number of nitrogens with zero attached hydrogens (tertiary/aromatic N) is 2. The van der Waals surface area contributed by atoms with Gasteiger partial charge in [0, 0.05) is 11.6 Å². The molecule has 0 aliphatic rings. The molecule has 1 heterocycles. The fourth-order valence-electron chi connectivity index (χ4n) is 2.23. The van der Waals surface area contributed by atoms with Crippen molar-refractivity contribution in [2.75, 3.05) is 7.11 Å². The second-order valence-electron chi connectivity index (χ2n) is 4.78. The van der Waals surface area contributed by atoms with Crippen molar-refractivity contribution in [2.24, 2.45) is 0 Å². The molecule has 1 aromatic heterocycles. The first-order valence-electron chi connectivity index (χ1n) is 6.79. The van der Waals surface area contributed by atoms with Gasteiger partial charge in [0.15, 0.2) is 5.69 Å². The van der Waals surface area contributed by atoms with Gasteiger partial charge in [0.25, 0.3) is 0 Å². The number of hydrogen-bond donors (Lipinski definition) is 0. The van der Waals surface area contributed by atoms with Gasteiger partial charge in [-0.15, -0.1) is 0 Å². The first-order chi connectivity index (χ1) is 11.1. The second kappa shape index (κ2) is 6.00. The molecule has 0 bridgehead atoms. The van der Waals surface area contributed by atoms with E-state index in [0.29, 0.717) is 11.3 Å². The van der Waals surface area contributed by atoms with Crippen LogP contribution >= 0.6 is 0 Å². The largest absolute Gasteiger partial charge is 0.464 e. The van der Waals surface area contributed by atoms with Gasteiger partial charge in [-0.2, -0.15) is 5.10 Å². The van der Waals surface area contributed by atoms with Crippen LogP contribution in [-0.4, -0.2) is 22.9 Å². The number of carbonyl (C=O) groups is 1. The molecule has 0 spiro atoms. The molecule has 0 saturated heterocycles. The lowest BCUT2D eigenvalue weighted by Crippen LogP contribution is -2.06. The predicted octanol–water partition coefficient (Wildman–Crippen LogP) is 3.60. The van der Waals surface area contributed by atoms with Crippen molar-refractivity contribution < 1.29 is 18.3 Å². The maximum absolute atomic E-state index is 14.1. The summed E-state index contributed by atoms with van der Waals surface area (Å²) in [6.07, 6.45) is 0. The highest BCUT2D eigenvalue weighted by Crippen LogP contribution is 2.26. The lowest BCUT2D eigenvalue weighted by molar-refractivity contribution is 0.0593. The molecule has 3 aromatic rings. The minimum atomic E-state index is -0.655. The zero-order valence-corrected chi connectivity index (χ0v) is 12.2. The molecule has 0 unspecified atom stereocenters. The molecule has 6 heteroatoms. The van der Waals surface area contributed by atoms with Crippen LogP contribution in [0.1, 0.15) is 10.5 Å².